The van der Waals surface area contributed by atoms with E-state index in [1.807, 2.05) is 6.07 Å². The van der Waals surface area contributed by atoms with E-state index >= 15 is 0 Å². The van der Waals surface area contributed by atoms with Crippen molar-refractivity contribution < 1.29 is 9.90 Å². The number of carboxylic acid groups (broad SMARTS) is 1. The number of nitrogens with zero attached hydrogens (tertiary/aromatic N) is 1. The Hall–Kier alpha value is -2.78. The Labute approximate surface area is 97.9 Å². The van der Waals surface area contributed by atoms with E-state index in [0.717, 1.165) is 16.3 Å². The lowest BCUT2D eigenvalue weighted by molar-refractivity contribution is 0.0697. The fraction of sp³-hybridized carbons (Fsp3) is 0. The number of benzene rings is 2. The first kappa shape index (κ1) is 10.7. The van der Waals surface area contributed by atoms with Crippen molar-refractivity contribution in [3.05, 3.63) is 47.5 Å². The second kappa shape index (κ2) is 4.38. The molecule has 0 aliphatic heterocycles. The Morgan fingerprint density at radius 1 is 1.12 bits per heavy atom. The van der Waals surface area contributed by atoms with E-state index < -0.39 is 5.97 Å². The van der Waals surface area contributed by atoms with Gasteiger partial charge in [-0.1, -0.05) is 18.1 Å². The minimum atomic E-state index is -0.944. The largest absolute Gasteiger partial charge is 0.478 e. The number of fused-ring (bicyclic) bond motifs is 1. The molecule has 0 saturated carbocycles. The second-order valence-corrected chi connectivity index (χ2v) is 3.44. The highest BCUT2D eigenvalue weighted by Crippen LogP contribution is 2.17. The summed E-state index contributed by atoms with van der Waals surface area (Å²) >= 11 is 0. The van der Waals surface area contributed by atoms with Crippen molar-refractivity contribution in [1.82, 2.24) is 0 Å². The van der Waals surface area contributed by atoms with Gasteiger partial charge in [0.15, 0.2) is 6.07 Å². The number of aromatic carboxylic acids is 1. The third-order valence-electron chi connectivity index (χ3n) is 2.35. The summed E-state index contributed by atoms with van der Waals surface area (Å²) in [6.07, 6.45) is 0. The van der Waals surface area contributed by atoms with Crippen molar-refractivity contribution in [3.63, 3.8) is 0 Å². The molecule has 3 heteroatoms. The Bertz CT molecular complexity index is 699. The maximum Gasteiger partial charge on any atom is 0.335 e. The van der Waals surface area contributed by atoms with Gasteiger partial charge in [-0.05, 0) is 35.0 Å². The van der Waals surface area contributed by atoms with Gasteiger partial charge in [-0.2, -0.15) is 5.26 Å². The van der Waals surface area contributed by atoms with E-state index in [2.05, 4.69) is 11.8 Å². The van der Waals surface area contributed by atoms with Crippen LogP contribution in [0.1, 0.15) is 15.9 Å². The summed E-state index contributed by atoms with van der Waals surface area (Å²) in [7, 11) is 0. The third kappa shape index (κ3) is 2.25. The first-order chi connectivity index (χ1) is 8.20. The molecule has 2 rings (SSSR count). The molecule has 0 bridgehead atoms. The van der Waals surface area contributed by atoms with Gasteiger partial charge >= 0.3 is 5.97 Å². The van der Waals surface area contributed by atoms with Crippen LogP contribution in [0, 0.1) is 23.2 Å². The molecular formula is C14H7NO2. The Morgan fingerprint density at radius 2 is 1.82 bits per heavy atom. The van der Waals surface area contributed by atoms with E-state index in [1.54, 1.807) is 36.4 Å². The second-order valence-electron chi connectivity index (χ2n) is 3.44. The van der Waals surface area contributed by atoms with Crippen LogP contribution in [0.3, 0.4) is 0 Å². The molecular weight excluding hydrogens is 214 g/mol. The fourth-order valence-electron chi connectivity index (χ4n) is 1.56. The van der Waals surface area contributed by atoms with Crippen LogP contribution < -0.4 is 0 Å². The van der Waals surface area contributed by atoms with Gasteiger partial charge in [0.2, 0.25) is 0 Å². The van der Waals surface area contributed by atoms with Crippen molar-refractivity contribution in [2.24, 2.45) is 0 Å². The minimum Gasteiger partial charge on any atom is -0.478 e. The van der Waals surface area contributed by atoms with Gasteiger partial charge < -0.3 is 5.11 Å². The molecule has 80 valence electrons. The van der Waals surface area contributed by atoms with Crippen molar-refractivity contribution in [2.75, 3.05) is 0 Å². The van der Waals surface area contributed by atoms with E-state index in [9.17, 15) is 4.79 Å². The molecule has 1 N–H and O–H groups in total. The molecule has 0 heterocycles. The van der Waals surface area contributed by atoms with Crippen molar-refractivity contribution in [3.8, 4) is 17.9 Å². The number of carbonyl (C=O) groups is 1. The molecule has 0 unspecified atom stereocenters. The van der Waals surface area contributed by atoms with E-state index in [1.165, 1.54) is 0 Å². The normalized spacial score (nSPS) is 9.12. The van der Waals surface area contributed by atoms with Crippen molar-refractivity contribution >= 4 is 16.7 Å². The van der Waals surface area contributed by atoms with Crippen molar-refractivity contribution in [1.29, 1.82) is 5.26 Å². The average molecular weight is 221 g/mol. The maximum atomic E-state index is 10.8. The monoisotopic (exact) mass is 221 g/mol. The van der Waals surface area contributed by atoms with Gasteiger partial charge in [-0.25, -0.2) is 4.79 Å². The lowest BCUT2D eigenvalue weighted by Gasteiger charge is -2.00. The fourth-order valence-corrected chi connectivity index (χ4v) is 1.56. The number of carboxylic acids is 1. The zero-order chi connectivity index (χ0) is 12.3. The molecule has 0 atom stereocenters. The number of rotatable bonds is 1. The zero-order valence-electron chi connectivity index (χ0n) is 8.77. The quantitative estimate of drug-likeness (QED) is 0.752. The summed E-state index contributed by atoms with van der Waals surface area (Å²) in [6.45, 7) is 0. The van der Waals surface area contributed by atoms with Gasteiger partial charge in [0, 0.05) is 11.5 Å². The predicted octanol–water partition coefficient (Wildman–Crippen LogP) is 2.41. The predicted molar refractivity (Wildman–Crippen MR) is 63.4 cm³/mol. The molecule has 2 aromatic rings. The van der Waals surface area contributed by atoms with Crippen LogP contribution in [-0.2, 0) is 0 Å². The smallest absolute Gasteiger partial charge is 0.335 e. The molecule has 0 aromatic heterocycles. The van der Waals surface area contributed by atoms with Crippen LogP contribution in [0.15, 0.2) is 36.4 Å². The van der Waals surface area contributed by atoms with Gasteiger partial charge in [-0.15, -0.1) is 0 Å². The summed E-state index contributed by atoms with van der Waals surface area (Å²) in [6, 6.07) is 12.0. The molecule has 0 amide bonds. The van der Waals surface area contributed by atoms with Gasteiger partial charge in [0.1, 0.15) is 0 Å². The van der Waals surface area contributed by atoms with Gasteiger partial charge in [0.05, 0.1) is 5.56 Å². The molecule has 0 fully saturated rings. The number of nitriles is 1. The summed E-state index contributed by atoms with van der Waals surface area (Å²) in [5, 5.41) is 18.9. The van der Waals surface area contributed by atoms with Crippen LogP contribution in [0.25, 0.3) is 10.8 Å². The van der Waals surface area contributed by atoms with Crippen LogP contribution in [0.4, 0.5) is 0 Å². The Kier molecular flexibility index (Phi) is 2.77. The first-order valence-electron chi connectivity index (χ1n) is 4.88. The number of hydrogen-bond acceptors (Lipinski definition) is 2. The van der Waals surface area contributed by atoms with Crippen molar-refractivity contribution in [2.45, 2.75) is 0 Å². The van der Waals surface area contributed by atoms with Crippen LogP contribution >= 0.6 is 0 Å². The van der Waals surface area contributed by atoms with Crippen LogP contribution in [0.5, 0.6) is 0 Å². The topological polar surface area (TPSA) is 61.1 Å². The number of hydrogen-bond donors (Lipinski definition) is 1. The highest BCUT2D eigenvalue weighted by atomic mass is 16.4. The highest BCUT2D eigenvalue weighted by Gasteiger charge is 2.03. The standard InChI is InChI=1S/C14H7NO2/c15-7-1-2-10-3-4-12-9-13(14(16)17)6-5-11(12)8-10/h3-6,8-9H,(H,16,17). The molecule has 0 radical (unpaired) electrons. The average Bonchev–Trinajstić information content (AvgIpc) is 2.35. The minimum absolute atomic E-state index is 0.258. The SMILES string of the molecule is N#CC#Cc1ccc2cc(C(=O)O)ccc2c1. The van der Waals surface area contributed by atoms with Gasteiger partial charge in [-0.3, -0.25) is 0 Å². The highest BCUT2D eigenvalue weighted by molar-refractivity contribution is 5.94. The van der Waals surface area contributed by atoms with Gasteiger partial charge in [0.25, 0.3) is 0 Å². The van der Waals surface area contributed by atoms with E-state index in [0.29, 0.717) is 0 Å². The molecule has 0 spiro atoms. The molecule has 0 aliphatic carbocycles. The third-order valence-corrected chi connectivity index (χ3v) is 2.35. The molecule has 0 saturated heterocycles. The van der Waals surface area contributed by atoms with E-state index in [4.69, 9.17) is 10.4 Å². The first-order valence-corrected chi connectivity index (χ1v) is 4.88. The van der Waals surface area contributed by atoms with Crippen LogP contribution in [-0.4, -0.2) is 11.1 Å². The summed E-state index contributed by atoms with van der Waals surface area (Å²) in [4.78, 5) is 10.8. The van der Waals surface area contributed by atoms with E-state index in [-0.39, 0.29) is 5.56 Å². The molecule has 2 aromatic carbocycles. The Morgan fingerprint density at radius 3 is 2.53 bits per heavy atom. The summed E-state index contributed by atoms with van der Waals surface area (Å²) in [5.74, 6) is 4.07. The zero-order valence-corrected chi connectivity index (χ0v) is 8.77. The Balaban J connectivity index is 2.55. The molecule has 17 heavy (non-hydrogen) atoms. The lowest BCUT2D eigenvalue weighted by Crippen LogP contribution is -1.95. The maximum absolute atomic E-state index is 10.8. The lowest BCUT2D eigenvalue weighted by atomic mass is 10.0. The summed E-state index contributed by atoms with van der Waals surface area (Å²) < 4.78 is 0. The molecule has 0 aliphatic rings. The molecule has 3 nitrogen and oxygen atoms in total. The van der Waals surface area contributed by atoms with Crippen LogP contribution in [0.2, 0.25) is 0 Å². The summed E-state index contributed by atoms with van der Waals surface area (Å²) in [5.41, 5.74) is 0.996.